The van der Waals surface area contributed by atoms with Gasteiger partial charge < -0.3 is 15.7 Å². The van der Waals surface area contributed by atoms with Crippen LogP contribution in [0.25, 0.3) is 0 Å². The smallest absolute Gasteiger partial charge is 0.337 e. The fraction of sp³-hybridized carbons (Fsp3) is 0.538. The van der Waals surface area contributed by atoms with Crippen molar-refractivity contribution < 1.29 is 9.90 Å². The second kappa shape index (κ2) is 4.84. The summed E-state index contributed by atoms with van der Waals surface area (Å²) in [7, 11) is 1.90. The number of anilines is 2. The standard InChI is InChI=1S/C13H21N3O2/c1-8(13(2,3)4)16(5)11-6-9(12(17)18)10(14)7-15-11/h6-8H,14H2,1-5H3,(H,17,18). The van der Waals surface area contributed by atoms with E-state index in [0.29, 0.717) is 5.82 Å². The van der Waals surface area contributed by atoms with Crippen molar-refractivity contribution in [3.63, 3.8) is 0 Å². The van der Waals surface area contributed by atoms with E-state index in [1.54, 1.807) is 0 Å². The van der Waals surface area contributed by atoms with Crippen LogP contribution in [-0.2, 0) is 0 Å². The molecule has 0 spiro atoms. The summed E-state index contributed by atoms with van der Waals surface area (Å²) >= 11 is 0. The van der Waals surface area contributed by atoms with Crippen molar-refractivity contribution in [2.45, 2.75) is 33.7 Å². The molecular weight excluding hydrogens is 230 g/mol. The minimum atomic E-state index is -1.03. The van der Waals surface area contributed by atoms with Gasteiger partial charge in [-0.1, -0.05) is 20.8 Å². The first-order chi connectivity index (χ1) is 8.14. The van der Waals surface area contributed by atoms with Gasteiger partial charge in [-0.15, -0.1) is 0 Å². The zero-order valence-corrected chi connectivity index (χ0v) is 11.6. The van der Waals surface area contributed by atoms with Gasteiger partial charge in [0.1, 0.15) is 5.82 Å². The summed E-state index contributed by atoms with van der Waals surface area (Å²) < 4.78 is 0. The van der Waals surface area contributed by atoms with Gasteiger partial charge in [-0.25, -0.2) is 9.78 Å². The second-order valence-electron chi connectivity index (χ2n) is 5.59. The number of carboxylic acid groups (broad SMARTS) is 1. The van der Waals surface area contributed by atoms with E-state index >= 15 is 0 Å². The Morgan fingerprint density at radius 3 is 2.50 bits per heavy atom. The average Bonchev–Trinajstić information content (AvgIpc) is 2.26. The summed E-state index contributed by atoms with van der Waals surface area (Å²) in [5, 5.41) is 9.04. The number of aromatic nitrogens is 1. The van der Waals surface area contributed by atoms with Gasteiger partial charge in [-0.05, 0) is 18.4 Å². The molecule has 1 unspecified atom stereocenters. The first kappa shape index (κ1) is 14.3. The summed E-state index contributed by atoms with van der Waals surface area (Å²) in [6.07, 6.45) is 1.39. The summed E-state index contributed by atoms with van der Waals surface area (Å²) in [5.74, 6) is -0.419. The lowest BCUT2D eigenvalue weighted by Gasteiger charge is -2.36. The molecule has 0 saturated heterocycles. The number of hydrogen-bond acceptors (Lipinski definition) is 4. The van der Waals surface area contributed by atoms with Gasteiger partial charge in [0.25, 0.3) is 0 Å². The molecule has 0 aromatic carbocycles. The van der Waals surface area contributed by atoms with Crippen molar-refractivity contribution in [3.05, 3.63) is 17.8 Å². The van der Waals surface area contributed by atoms with Crippen molar-refractivity contribution in [1.29, 1.82) is 0 Å². The van der Waals surface area contributed by atoms with Crippen LogP contribution in [0.4, 0.5) is 11.5 Å². The van der Waals surface area contributed by atoms with Gasteiger partial charge in [0.15, 0.2) is 0 Å². The highest BCUT2D eigenvalue weighted by molar-refractivity contribution is 5.94. The molecule has 1 aromatic heterocycles. The van der Waals surface area contributed by atoms with Crippen LogP contribution >= 0.6 is 0 Å². The van der Waals surface area contributed by atoms with E-state index < -0.39 is 5.97 Å². The van der Waals surface area contributed by atoms with E-state index in [9.17, 15) is 4.79 Å². The van der Waals surface area contributed by atoms with Crippen LogP contribution in [0.5, 0.6) is 0 Å². The molecule has 1 rings (SSSR count). The summed E-state index contributed by atoms with van der Waals surface area (Å²) in [4.78, 5) is 17.2. The van der Waals surface area contributed by atoms with Gasteiger partial charge in [-0.3, -0.25) is 0 Å². The number of nitrogens with two attached hydrogens (primary N) is 1. The molecule has 0 aliphatic heterocycles. The van der Waals surface area contributed by atoms with Crippen LogP contribution in [0.2, 0.25) is 0 Å². The van der Waals surface area contributed by atoms with Crippen LogP contribution < -0.4 is 10.6 Å². The molecule has 3 N–H and O–H groups in total. The summed E-state index contributed by atoms with van der Waals surface area (Å²) in [6, 6.07) is 1.73. The Balaban J connectivity index is 3.11. The minimum Gasteiger partial charge on any atom is -0.478 e. The fourth-order valence-corrected chi connectivity index (χ4v) is 1.61. The van der Waals surface area contributed by atoms with Gasteiger partial charge in [0.05, 0.1) is 17.4 Å². The Morgan fingerprint density at radius 2 is 2.06 bits per heavy atom. The number of hydrogen-bond donors (Lipinski definition) is 2. The average molecular weight is 251 g/mol. The number of carbonyl (C=O) groups is 1. The highest BCUT2D eigenvalue weighted by Gasteiger charge is 2.25. The van der Waals surface area contributed by atoms with Crippen molar-refractivity contribution >= 4 is 17.5 Å². The monoisotopic (exact) mass is 251 g/mol. The zero-order chi connectivity index (χ0) is 14.1. The lowest BCUT2D eigenvalue weighted by Crippen LogP contribution is -2.39. The van der Waals surface area contributed by atoms with Crippen LogP contribution in [0.1, 0.15) is 38.1 Å². The number of pyridine rings is 1. The van der Waals surface area contributed by atoms with Crippen molar-refractivity contribution in [3.8, 4) is 0 Å². The second-order valence-corrected chi connectivity index (χ2v) is 5.59. The molecule has 0 radical (unpaired) electrons. The molecule has 1 heterocycles. The van der Waals surface area contributed by atoms with E-state index in [0.717, 1.165) is 0 Å². The van der Waals surface area contributed by atoms with E-state index in [4.69, 9.17) is 10.8 Å². The lowest BCUT2D eigenvalue weighted by molar-refractivity contribution is 0.0698. The first-order valence-electron chi connectivity index (χ1n) is 5.86. The number of nitrogen functional groups attached to an aromatic ring is 1. The van der Waals surface area contributed by atoms with E-state index in [2.05, 4.69) is 32.7 Å². The largest absolute Gasteiger partial charge is 0.478 e. The number of carboxylic acids is 1. The number of nitrogens with zero attached hydrogens (tertiary/aromatic N) is 2. The highest BCUT2D eigenvalue weighted by Crippen LogP contribution is 2.27. The molecule has 1 aromatic rings. The normalized spacial score (nSPS) is 13.2. The molecule has 18 heavy (non-hydrogen) atoms. The predicted molar refractivity (Wildman–Crippen MR) is 72.9 cm³/mol. The number of aromatic carboxylic acids is 1. The van der Waals surface area contributed by atoms with Crippen molar-refractivity contribution in [2.24, 2.45) is 5.41 Å². The molecule has 0 aliphatic rings. The molecular formula is C13H21N3O2. The molecule has 0 amide bonds. The zero-order valence-electron chi connectivity index (χ0n) is 11.6. The fourth-order valence-electron chi connectivity index (χ4n) is 1.61. The van der Waals surface area contributed by atoms with Crippen LogP contribution in [0, 0.1) is 5.41 Å². The highest BCUT2D eigenvalue weighted by atomic mass is 16.4. The topological polar surface area (TPSA) is 79.5 Å². The summed E-state index contributed by atoms with van der Waals surface area (Å²) in [5.41, 5.74) is 5.94. The van der Waals surface area contributed by atoms with Gasteiger partial charge >= 0.3 is 5.97 Å². The van der Waals surface area contributed by atoms with Gasteiger partial charge in [0.2, 0.25) is 0 Å². The van der Waals surface area contributed by atoms with Crippen molar-refractivity contribution in [1.82, 2.24) is 4.98 Å². The maximum Gasteiger partial charge on any atom is 0.337 e. The van der Waals surface area contributed by atoms with Crippen molar-refractivity contribution in [2.75, 3.05) is 17.7 Å². The molecule has 100 valence electrons. The number of rotatable bonds is 3. The van der Waals surface area contributed by atoms with E-state index in [-0.39, 0.29) is 22.7 Å². The molecule has 0 bridgehead atoms. The quantitative estimate of drug-likeness (QED) is 0.861. The predicted octanol–water partition coefficient (Wildman–Crippen LogP) is 2.23. The molecule has 5 nitrogen and oxygen atoms in total. The molecule has 5 heteroatoms. The maximum absolute atomic E-state index is 11.0. The molecule has 0 fully saturated rings. The van der Waals surface area contributed by atoms with Crippen LogP contribution in [0.3, 0.4) is 0 Å². The van der Waals surface area contributed by atoms with E-state index in [1.807, 2.05) is 11.9 Å². The Labute approximate surface area is 108 Å². The van der Waals surface area contributed by atoms with Gasteiger partial charge in [-0.2, -0.15) is 0 Å². The third kappa shape index (κ3) is 2.91. The Morgan fingerprint density at radius 1 is 1.50 bits per heavy atom. The maximum atomic E-state index is 11.0. The molecule has 0 saturated carbocycles. The van der Waals surface area contributed by atoms with Gasteiger partial charge in [0, 0.05) is 13.1 Å². The lowest BCUT2D eigenvalue weighted by atomic mass is 9.87. The third-order valence-corrected chi connectivity index (χ3v) is 3.35. The molecule has 1 atom stereocenters. The summed E-state index contributed by atoms with van der Waals surface area (Å²) in [6.45, 7) is 8.47. The Hall–Kier alpha value is -1.78. The Bertz CT molecular complexity index is 452. The third-order valence-electron chi connectivity index (χ3n) is 3.35. The minimum absolute atomic E-state index is 0.0706. The van der Waals surface area contributed by atoms with E-state index in [1.165, 1.54) is 12.3 Å². The Kier molecular flexibility index (Phi) is 3.84. The molecule has 0 aliphatic carbocycles. The first-order valence-corrected chi connectivity index (χ1v) is 5.86. The van der Waals surface area contributed by atoms with Crippen LogP contribution in [-0.4, -0.2) is 29.1 Å². The van der Waals surface area contributed by atoms with Crippen LogP contribution in [0.15, 0.2) is 12.3 Å². The SMILES string of the molecule is CC(N(C)c1cc(C(=O)O)c(N)cn1)C(C)(C)C.